The average Bonchev–Trinajstić information content (AvgIpc) is 2.96. The molecule has 164 valence electrons. The molecule has 2 aliphatic rings. The molecule has 3 rings (SSSR count). The number of hydrogen-bond donors (Lipinski definition) is 2. The number of nitrogens with one attached hydrogen (secondary N) is 2. The van der Waals surface area contributed by atoms with E-state index in [0.29, 0.717) is 17.2 Å². The first kappa shape index (κ1) is 22.1. The van der Waals surface area contributed by atoms with Crippen molar-refractivity contribution in [1.82, 2.24) is 15.5 Å². The molecule has 1 saturated carbocycles. The number of hydrogen-bond acceptors (Lipinski definition) is 3. The number of urea groups is 1. The van der Waals surface area contributed by atoms with Gasteiger partial charge in [0.15, 0.2) is 0 Å². The number of carbonyl (C=O) groups is 3. The summed E-state index contributed by atoms with van der Waals surface area (Å²) in [6.45, 7) is -0.218. The number of imide groups is 1. The average molecular weight is 425 g/mol. The van der Waals surface area contributed by atoms with Crippen molar-refractivity contribution < 1.29 is 27.6 Å². The second-order valence-corrected chi connectivity index (χ2v) is 7.96. The molecule has 0 radical (unpaired) electrons. The Morgan fingerprint density at radius 1 is 1.13 bits per heavy atom. The van der Waals surface area contributed by atoms with E-state index in [9.17, 15) is 27.6 Å². The molecule has 6 nitrogen and oxygen atoms in total. The SMILES string of the molecule is O=C(CCC1CCCCC1)N[C@]1(C(F)(F)F)NC(=O)N(CCc2ccccc2)C1=O. The summed E-state index contributed by atoms with van der Waals surface area (Å²) in [4.78, 5) is 37.7. The Balaban J connectivity index is 1.67. The number of benzene rings is 1. The molecule has 1 aliphatic heterocycles. The third-order valence-corrected chi connectivity index (χ3v) is 5.83. The monoisotopic (exact) mass is 425 g/mol. The zero-order valence-corrected chi connectivity index (χ0v) is 16.6. The molecule has 0 unspecified atom stereocenters. The van der Waals surface area contributed by atoms with E-state index in [0.717, 1.165) is 37.7 Å². The molecule has 1 saturated heterocycles. The first-order valence-corrected chi connectivity index (χ1v) is 10.3. The fourth-order valence-electron chi connectivity index (χ4n) is 4.10. The van der Waals surface area contributed by atoms with E-state index >= 15 is 0 Å². The standard InChI is InChI=1S/C21H26F3N3O3/c22-21(23,24)20(25-17(28)12-11-15-7-3-1-4-8-15)18(29)27(19(30)26-20)14-13-16-9-5-2-6-10-16/h2,5-6,9-10,15H,1,3-4,7-8,11-14H2,(H,25,28)(H,26,30)/t20-/m0/s1. The molecule has 1 heterocycles. The highest BCUT2D eigenvalue weighted by Gasteiger charge is 2.68. The van der Waals surface area contributed by atoms with E-state index in [-0.39, 0.29) is 19.4 Å². The predicted molar refractivity (Wildman–Crippen MR) is 103 cm³/mol. The van der Waals surface area contributed by atoms with Crippen molar-refractivity contribution in [3.05, 3.63) is 35.9 Å². The summed E-state index contributed by atoms with van der Waals surface area (Å²) in [5.41, 5.74) is -2.64. The highest BCUT2D eigenvalue weighted by Crippen LogP contribution is 2.34. The van der Waals surface area contributed by atoms with E-state index in [1.54, 1.807) is 41.0 Å². The Labute approximate surface area is 173 Å². The molecule has 1 aromatic rings. The Hall–Kier alpha value is -2.58. The summed E-state index contributed by atoms with van der Waals surface area (Å²) in [6, 6.07) is 7.64. The Kier molecular flexibility index (Phi) is 6.67. The van der Waals surface area contributed by atoms with Crippen LogP contribution >= 0.6 is 0 Å². The van der Waals surface area contributed by atoms with Crippen LogP contribution in [0, 0.1) is 5.92 Å². The van der Waals surface area contributed by atoms with Gasteiger partial charge in [-0.2, -0.15) is 13.2 Å². The van der Waals surface area contributed by atoms with Crippen molar-refractivity contribution in [2.24, 2.45) is 5.92 Å². The quantitative estimate of drug-likeness (QED) is 0.657. The smallest absolute Gasteiger partial charge is 0.318 e. The second-order valence-electron chi connectivity index (χ2n) is 7.96. The molecule has 1 atom stereocenters. The van der Waals surface area contributed by atoms with E-state index in [2.05, 4.69) is 0 Å². The fraction of sp³-hybridized carbons (Fsp3) is 0.571. The van der Waals surface area contributed by atoms with Gasteiger partial charge in [-0.3, -0.25) is 19.8 Å². The molecule has 9 heteroatoms. The maximum Gasteiger partial charge on any atom is 0.440 e. The molecule has 2 N–H and O–H groups in total. The Morgan fingerprint density at radius 3 is 2.43 bits per heavy atom. The molecular weight excluding hydrogens is 399 g/mol. The lowest BCUT2D eigenvalue weighted by Gasteiger charge is -2.30. The van der Waals surface area contributed by atoms with Crippen LogP contribution in [0.25, 0.3) is 0 Å². The van der Waals surface area contributed by atoms with E-state index in [4.69, 9.17) is 0 Å². The van der Waals surface area contributed by atoms with E-state index in [1.165, 1.54) is 0 Å². The normalized spacial score (nSPS) is 22.8. The summed E-state index contributed by atoms with van der Waals surface area (Å²) in [5.74, 6) is -2.08. The molecule has 0 bridgehead atoms. The summed E-state index contributed by atoms with van der Waals surface area (Å²) in [7, 11) is 0. The predicted octanol–water partition coefficient (Wildman–Crippen LogP) is 3.52. The van der Waals surface area contributed by atoms with Crippen molar-refractivity contribution in [3.8, 4) is 0 Å². The molecule has 1 aliphatic carbocycles. The first-order chi connectivity index (χ1) is 14.2. The van der Waals surface area contributed by atoms with Gasteiger partial charge < -0.3 is 5.32 Å². The van der Waals surface area contributed by atoms with Crippen LogP contribution in [0.15, 0.2) is 30.3 Å². The number of nitrogens with zero attached hydrogens (tertiary/aromatic N) is 1. The van der Waals surface area contributed by atoms with Crippen LogP contribution in [0.4, 0.5) is 18.0 Å². The molecule has 1 aromatic carbocycles. The van der Waals surface area contributed by atoms with Gasteiger partial charge in [0.25, 0.3) is 11.6 Å². The lowest BCUT2D eigenvalue weighted by Crippen LogP contribution is -2.69. The molecular formula is C21H26F3N3O3. The zero-order valence-electron chi connectivity index (χ0n) is 16.6. The topological polar surface area (TPSA) is 78.5 Å². The summed E-state index contributed by atoms with van der Waals surface area (Å²) >= 11 is 0. The molecule has 0 aromatic heterocycles. The Morgan fingerprint density at radius 2 is 1.80 bits per heavy atom. The lowest BCUT2D eigenvalue weighted by molar-refractivity contribution is -0.204. The first-order valence-electron chi connectivity index (χ1n) is 10.3. The number of alkyl halides is 3. The summed E-state index contributed by atoms with van der Waals surface area (Å²) < 4.78 is 41.6. The van der Waals surface area contributed by atoms with Gasteiger partial charge in [0.05, 0.1) is 0 Å². The minimum absolute atomic E-state index is 0.115. The molecule has 0 spiro atoms. The third kappa shape index (κ3) is 4.76. The minimum atomic E-state index is -5.16. The van der Waals surface area contributed by atoms with Crippen LogP contribution in [0.5, 0.6) is 0 Å². The maximum absolute atomic E-state index is 13.9. The number of amides is 4. The van der Waals surface area contributed by atoms with Crippen LogP contribution in [0.2, 0.25) is 0 Å². The largest absolute Gasteiger partial charge is 0.440 e. The van der Waals surface area contributed by atoms with Crippen molar-refractivity contribution in [1.29, 1.82) is 0 Å². The van der Waals surface area contributed by atoms with Crippen LogP contribution in [0.1, 0.15) is 50.5 Å². The minimum Gasteiger partial charge on any atom is -0.318 e. The summed E-state index contributed by atoms with van der Waals surface area (Å²) in [6.07, 6.45) is 0.578. The van der Waals surface area contributed by atoms with Crippen molar-refractivity contribution in [2.75, 3.05) is 6.54 Å². The zero-order chi connectivity index (χ0) is 21.8. The van der Waals surface area contributed by atoms with Gasteiger partial charge in [-0.15, -0.1) is 0 Å². The number of halogens is 3. The molecule has 4 amide bonds. The van der Waals surface area contributed by atoms with E-state index in [1.807, 2.05) is 0 Å². The molecule has 2 fully saturated rings. The van der Waals surface area contributed by atoms with Gasteiger partial charge in [-0.1, -0.05) is 62.4 Å². The van der Waals surface area contributed by atoms with Crippen LogP contribution in [0.3, 0.4) is 0 Å². The van der Waals surface area contributed by atoms with Crippen molar-refractivity contribution in [2.45, 2.75) is 63.2 Å². The number of rotatable bonds is 7. The van der Waals surface area contributed by atoms with Crippen molar-refractivity contribution in [3.63, 3.8) is 0 Å². The van der Waals surface area contributed by atoms with Gasteiger partial charge in [-0.05, 0) is 24.3 Å². The second kappa shape index (κ2) is 9.06. The van der Waals surface area contributed by atoms with Gasteiger partial charge in [0, 0.05) is 13.0 Å². The van der Waals surface area contributed by atoms with Gasteiger partial charge in [0.2, 0.25) is 5.91 Å². The maximum atomic E-state index is 13.9. The van der Waals surface area contributed by atoms with Crippen LogP contribution in [-0.4, -0.2) is 41.1 Å². The van der Waals surface area contributed by atoms with Gasteiger partial charge in [-0.25, -0.2) is 4.79 Å². The van der Waals surface area contributed by atoms with Gasteiger partial charge >= 0.3 is 12.2 Å². The number of carbonyl (C=O) groups excluding carboxylic acids is 3. The highest BCUT2D eigenvalue weighted by molar-refractivity contribution is 6.08. The summed E-state index contributed by atoms with van der Waals surface area (Å²) in [5, 5.41) is 3.49. The lowest BCUT2D eigenvalue weighted by atomic mass is 9.86. The third-order valence-electron chi connectivity index (χ3n) is 5.83. The van der Waals surface area contributed by atoms with Crippen LogP contribution < -0.4 is 10.6 Å². The van der Waals surface area contributed by atoms with Crippen molar-refractivity contribution >= 4 is 17.8 Å². The molecule has 30 heavy (non-hydrogen) atoms. The van der Waals surface area contributed by atoms with Gasteiger partial charge in [0.1, 0.15) is 0 Å². The fourth-order valence-corrected chi connectivity index (χ4v) is 4.10. The highest BCUT2D eigenvalue weighted by atomic mass is 19.4. The van der Waals surface area contributed by atoms with E-state index < -0.39 is 29.7 Å². The van der Waals surface area contributed by atoms with Crippen LogP contribution in [-0.2, 0) is 16.0 Å². The Bertz CT molecular complexity index is 779.